The van der Waals surface area contributed by atoms with E-state index in [2.05, 4.69) is 11.6 Å². The molecule has 1 aromatic heterocycles. The third-order valence-electron chi connectivity index (χ3n) is 2.64. The van der Waals surface area contributed by atoms with Crippen molar-refractivity contribution in [2.75, 3.05) is 0 Å². The maximum atomic E-state index is 11.5. The van der Waals surface area contributed by atoms with Gasteiger partial charge in [-0.15, -0.1) is 0 Å². The van der Waals surface area contributed by atoms with Crippen LogP contribution in [0.4, 0.5) is 0 Å². The number of nitrogens with one attached hydrogen (secondary N) is 1. The zero-order valence-corrected chi connectivity index (χ0v) is 9.08. The van der Waals surface area contributed by atoms with E-state index in [1.165, 1.54) is 13.1 Å². The van der Waals surface area contributed by atoms with Gasteiger partial charge in [0.2, 0.25) is 6.23 Å². The molecule has 0 aliphatic carbocycles. The molecule has 0 aromatic carbocycles. The van der Waals surface area contributed by atoms with Crippen LogP contribution in [-0.4, -0.2) is 32.0 Å². The quantitative estimate of drug-likeness (QED) is 0.560. The van der Waals surface area contributed by atoms with Crippen molar-refractivity contribution in [3.8, 4) is 0 Å². The molecule has 0 radical (unpaired) electrons. The van der Waals surface area contributed by atoms with Crippen molar-refractivity contribution >= 4 is 0 Å². The van der Waals surface area contributed by atoms with Gasteiger partial charge in [-0.25, -0.2) is 4.79 Å². The summed E-state index contributed by atoms with van der Waals surface area (Å²) in [6.07, 6.45) is -2.37. The zero-order chi connectivity index (χ0) is 12.7. The van der Waals surface area contributed by atoms with Crippen LogP contribution in [-0.2, 0) is 4.74 Å². The van der Waals surface area contributed by atoms with Crippen molar-refractivity contribution in [2.45, 2.75) is 25.4 Å². The normalized spacial score (nSPS) is 28.2. The fraction of sp³-hybridized carbons (Fsp3) is 0.400. The predicted molar refractivity (Wildman–Crippen MR) is 57.3 cm³/mol. The molecule has 0 unspecified atom stereocenters. The number of H-pyrrole nitrogens is 1. The first-order chi connectivity index (χ1) is 7.91. The van der Waals surface area contributed by atoms with E-state index in [0.29, 0.717) is 5.56 Å². The number of nitrogens with zero attached hydrogens (tertiary/aromatic N) is 1. The van der Waals surface area contributed by atoms with Gasteiger partial charge in [-0.3, -0.25) is 14.3 Å². The van der Waals surface area contributed by atoms with Gasteiger partial charge >= 0.3 is 5.69 Å². The number of aryl methyl sites for hydroxylation is 1. The Labute approximate surface area is 95.6 Å². The smallest absolute Gasteiger partial charge is 0.331 e. The number of ether oxygens (including phenoxy) is 1. The third kappa shape index (κ3) is 1.79. The summed E-state index contributed by atoms with van der Waals surface area (Å²) in [5.41, 5.74) is -0.919. The van der Waals surface area contributed by atoms with Crippen LogP contribution in [0.5, 0.6) is 0 Å². The van der Waals surface area contributed by atoms with Crippen LogP contribution in [0.25, 0.3) is 0 Å². The molecule has 0 spiro atoms. The lowest BCUT2D eigenvalue weighted by atomic mass is 10.2. The maximum Gasteiger partial charge on any atom is 0.331 e. The SMILES string of the molecule is C=C1O[C@@H](n2cc(C)c(=O)[nH]c2=O)[C@H](O)[C@@H]1O. The molecule has 3 N–H and O–H groups in total. The summed E-state index contributed by atoms with van der Waals surface area (Å²) in [7, 11) is 0. The highest BCUT2D eigenvalue weighted by atomic mass is 16.5. The number of rotatable bonds is 1. The van der Waals surface area contributed by atoms with E-state index in [1.807, 2.05) is 0 Å². The summed E-state index contributed by atoms with van der Waals surface area (Å²) in [5.74, 6) is -0.0155. The van der Waals surface area contributed by atoms with Crippen molar-refractivity contribution in [3.63, 3.8) is 0 Å². The summed E-state index contributed by atoms with van der Waals surface area (Å²) in [5, 5.41) is 19.1. The molecular formula is C10H12N2O5. The largest absolute Gasteiger partial charge is 0.469 e. The Morgan fingerprint density at radius 1 is 1.47 bits per heavy atom. The molecule has 7 nitrogen and oxygen atoms in total. The molecule has 0 bridgehead atoms. The Morgan fingerprint density at radius 2 is 2.12 bits per heavy atom. The van der Waals surface area contributed by atoms with Gasteiger partial charge in [0.05, 0.1) is 0 Å². The second-order valence-corrected chi connectivity index (χ2v) is 3.89. The predicted octanol–water partition coefficient (Wildman–Crippen LogP) is -1.39. The van der Waals surface area contributed by atoms with Crippen LogP contribution in [0.2, 0.25) is 0 Å². The molecule has 1 fully saturated rings. The summed E-state index contributed by atoms with van der Waals surface area (Å²) < 4.78 is 6.11. The van der Waals surface area contributed by atoms with E-state index in [4.69, 9.17) is 4.74 Å². The Balaban J connectivity index is 2.49. The number of aliphatic hydroxyl groups is 2. The van der Waals surface area contributed by atoms with Crippen molar-refractivity contribution in [3.05, 3.63) is 44.9 Å². The number of aromatic amines is 1. The average Bonchev–Trinajstić information content (AvgIpc) is 2.51. The van der Waals surface area contributed by atoms with E-state index in [1.54, 1.807) is 0 Å². The van der Waals surface area contributed by atoms with Gasteiger partial charge in [0, 0.05) is 11.8 Å². The first-order valence-electron chi connectivity index (χ1n) is 4.95. The van der Waals surface area contributed by atoms with Gasteiger partial charge in [0.25, 0.3) is 5.56 Å². The number of hydrogen-bond acceptors (Lipinski definition) is 5. The minimum atomic E-state index is -1.30. The topological polar surface area (TPSA) is 105 Å². The summed E-state index contributed by atoms with van der Waals surface area (Å²) in [4.78, 5) is 24.8. The molecule has 1 saturated heterocycles. The van der Waals surface area contributed by atoms with E-state index in [-0.39, 0.29) is 5.76 Å². The summed E-state index contributed by atoms with van der Waals surface area (Å²) in [6, 6.07) is 0. The highest BCUT2D eigenvalue weighted by molar-refractivity contribution is 5.07. The summed E-state index contributed by atoms with van der Waals surface area (Å²) in [6.45, 7) is 4.93. The van der Waals surface area contributed by atoms with Crippen molar-refractivity contribution < 1.29 is 14.9 Å². The van der Waals surface area contributed by atoms with Crippen molar-refractivity contribution in [1.29, 1.82) is 0 Å². The van der Waals surface area contributed by atoms with Gasteiger partial charge in [-0.2, -0.15) is 0 Å². The molecule has 1 aliphatic rings. The van der Waals surface area contributed by atoms with E-state index in [0.717, 1.165) is 4.57 Å². The first kappa shape index (κ1) is 11.6. The monoisotopic (exact) mass is 240 g/mol. The van der Waals surface area contributed by atoms with Gasteiger partial charge in [0.1, 0.15) is 18.0 Å². The molecule has 1 aromatic rings. The highest BCUT2D eigenvalue weighted by Crippen LogP contribution is 2.29. The number of aromatic nitrogens is 2. The zero-order valence-electron chi connectivity index (χ0n) is 9.08. The Morgan fingerprint density at radius 3 is 2.65 bits per heavy atom. The molecule has 1 aliphatic heterocycles. The fourth-order valence-electron chi connectivity index (χ4n) is 1.64. The Kier molecular flexibility index (Phi) is 2.64. The van der Waals surface area contributed by atoms with Crippen molar-refractivity contribution in [2.24, 2.45) is 0 Å². The minimum absolute atomic E-state index is 0.0155. The second-order valence-electron chi connectivity index (χ2n) is 3.89. The van der Waals surface area contributed by atoms with Gasteiger partial charge in [0.15, 0.2) is 0 Å². The highest BCUT2D eigenvalue weighted by Gasteiger charge is 2.40. The van der Waals surface area contributed by atoms with Crippen LogP contribution >= 0.6 is 0 Å². The molecule has 2 rings (SSSR count). The van der Waals surface area contributed by atoms with E-state index >= 15 is 0 Å². The van der Waals surface area contributed by atoms with Crippen LogP contribution in [0.1, 0.15) is 11.8 Å². The van der Waals surface area contributed by atoms with Crippen LogP contribution in [0.15, 0.2) is 28.1 Å². The molecule has 3 atom stereocenters. The van der Waals surface area contributed by atoms with Crippen LogP contribution in [0, 0.1) is 6.92 Å². The Hall–Kier alpha value is -1.86. The van der Waals surface area contributed by atoms with Gasteiger partial charge < -0.3 is 14.9 Å². The van der Waals surface area contributed by atoms with E-state index in [9.17, 15) is 19.8 Å². The van der Waals surface area contributed by atoms with Gasteiger partial charge in [-0.1, -0.05) is 6.58 Å². The lowest BCUT2D eigenvalue weighted by Gasteiger charge is -2.16. The Bertz CT molecular complexity index is 573. The molecule has 0 saturated carbocycles. The molecular weight excluding hydrogens is 228 g/mol. The second kappa shape index (κ2) is 3.86. The maximum absolute atomic E-state index is 11.5. The van der Waals surface area contributed by atoms with Crippen molar-refractivity contribution in [1.82, 2.24) is 9.55 Å². The number of aliphatic hydroxyl groups excluding tert-OH is 2. The lowest BCUT2D eigenvalue weighted by Crippen LogP contribution is -2.38. The third-order valence-corrected chi connectivity index (χ3v) is 2.64. The van der Waals surface area contributed by atoms with Gasteiger partial charge in [-0.05, 0) is 6.92 Å². The minimum Gasteiger partial charge on any atom is -0.469 e. The van der Waals surface area contributed by atoms with Crippen LogP contribution < -0.4 is 11.2 Å². The molecule has 7 heteroatoms. The summed E-state index contributed by atoms with van der Waals surface area (Å²) >= 11 is 0. The standard InChI is InChI=1S/C10H12N2O5/c1-4-3-12(10(16)11-8(4)15)9-7(14)6(13)5(2)17-9/h3,6-7,9,13-14H,2H2,1H3,(H,11,15,16)/t6-,7-,9-/m1/s1. The first-order valence-corrected chi connectivity index (χ1v) is 4.95. The van der Waals surface area contributed by atoms with Crippen LogP contribution in [0.3, 0.4) is 0 Å². The molecule has 0 amide bonds. The fourth-order valence-corrected chi connectivity index (χ4v) is 1.64. The lowest BCUT2D eigenvalue weighted by molar-refractivity contribution is -0.0164. The molecule has 17 heavy (non-hydrogen) atoms. The number of hydrogen-bond donors (Lipinski definition) is 3. The molecule has 92 valence electrons. The molecule has 2 heterocycles. The van der Waals surface area contributed by atoms with E-state index < -0.39 is 29.7 Å². The average molecular weight is 240 g/mol.